The fourth-order valence-corrected chi connectivity index (χ4v) is 2.07. The van der Waals surface area contributed by atoms with Crippen LogP contribution in [0, 0.1) is 0 Å². The molecule has 0 bridgehead atoms. The maximum Gasteiger partial charge on any atom is 0.305 e. The number of hydrogen-bond acceptors (Lipinski definition) is 4. The van der Waals surface area contributed by atoms with Gasteiger partial charge in [-0.2, -0.15) is 0 Å². The number of hydrogen-bond donors (Lipinski definition) is 2. The summed E-state index contributed by atoms with van der Waals surface area (Å²) >= 11 is 0. The highest BCUT2D eigenvalue weighted by Crippen LogP contribution is 2.15. The predicted octanol–water partition coefficient (Wildman–Crippen LogP) is -0.00510. The summed E-state index contributed by atoms with van der Waals surface area (Å²) in [7, 11) is 0. The van der Waals surface area contributed by atoms with Gasteiger partial charge in [-0.25, -0.2) is 0 Å². The number of nitrogens with zero attached hydrogens (tertiary/aromatic N) is 1. The second kappa shape index (κ2) is 8.52. The fourth-order valence-electron chi connectivity index (χ4n) is 2.07. The van der Waals surface area contributed by atoms with Gasteiger partial charge in [-0.3, -0.25) is 14.4 Å². The Hall–Kier alpha value is -1.63. The Morgan fingerprint density at radius 2 is 2.10 bits per heavy atom. The third-order valence-electron chi connectivity index (χ3n) is 3.09. The summed E-state index contributed by atoms with van der Waals surface area (Å²) in [6.07, 6.45) is 1.61. The lowest BCUT2D eigenvalue weighted by atomic mass is 10.2. The smallest absolute Gasteiger partial charge is 0.305 e. The molecule has 114 valence electrons. The molecule has 20 heavy (non-hydrogen) atoms. The van der Waals surface area contributed by atoms with E-state index in [1.165, 1.54) is 11.8 Å². The molecule has 2 N–H and O–H groups in total. The number of amides is 2. The molecular weight excluding hydrogens is 264 g/mol. The largest absolute Gasteiger partial charge is 0.481 e. The van der Waals surface area contributed by atoms with Crippen LogP contribution in [0.2, 0.25) is 0 Å². The summed E-state index contributed by atoms with van der Waals surface area (Å²) in [6, 6.07) is 0. The molecule has 1 rings (SSSR count). The lowest BCUT2D eigenvalue weighted by Crippen LogP contribution is -2.41. The van der Waals surface area contributed by atoms with Gasteiger partial charge in [0.1, 0.15) is 6.10 Å². The van der Waals surface area contributed by atoms with E-state index in [9.17, 15) is 14.4 Å². The SMILES string of the molecule is CC(=O)NCCCN(CCC(=O)O)C(=O)C1CCCO1. The van der Waals surface area contributed by atoms with Crippen LogP contribution in [0.3, 0.4) is 0 Å². The number of ether oxygens (including phenoxy) is 1. The Balaban J connectivity index is 2.43. The van der Waals surface area contributed by atoms with Crippen LogP contribution < -0.4 is 5.32 Å². The van der Waals surface area contributed by atoms with Crippen LogP contribution >= 0.6 is 0 Å². The van der Waals surface area contributed by atoms with Crippen LogP contribution in [0.15, 0.2) is 0 Å². The van der Waals surface area contributed by atoms with Crippen molar-refractivity contribution in [1.29, 1.82) is 0 Å². The average Bonchev–Trinajstić information content (AvgIpc) is 2.90. The standard InChI is InChI=1S/C13H22N2O5/c1-10(16)14-6-3-7-15(8-5-12(17)18)13(19)11-4-2-9-20-11/h11H,2-9H2,1H3,(H,14,16)(H,17,18). The molecule has 0 spiro atoms. The van der Waals surface area contributed by atoms with Crippen molar-refractivity contribution in [2.75, 3.05) is 26.2 Å². The maximum atomic E-state index is 12.2. The number of rotatable bonds is 8. The highest BCUT2D eigenvalue weighted by molar-refractivity contribution is 5.81. The lowest BCUT2D eigenvalue weighted by Gasteiger charge is -2.24. The fraction of sp³-hybridized carbons (Fsp3) is 0.769. The van der Waals surface area contributed by atoms with E-state index >= 15 is 0 Å². The van der Waals surface area contributed by atoms with E-state index in [1.807, 2.05) is 0 Å². The van der Waals surface area contributed by atoms with Gasteiger partial charge in [-0.15, -0.1) is 0 Å². The highest BCUT2D eigenvalue weighted by atomic mass is 16.5. The van der Waals surface area contributed by atoms with Gasteiger partial charge in [0.05, 0.1) is 6.42 Å². The third-order valence-corrected chi connectivity index (χ3v) is 3.09. The van der Waals surface area contributed by atoms with Gasteiger partial charge in [0.15, 0.2) is 0 Å². The number of carbonyl (C=O) groups is 3. The Kier molecular flexibility index (Phi) is 7.00. The number of aliphatic carboxylic acids is 1. The zero-order valence-corrected chi connectivity index (χ0v) is 11.8. The summed E-state index contributed by atoms with van der Waals surface area (Å²) in [5, 5.41) is 11.4. The molecule has 1 fully saturated rings. The first kappa shape index (κ1) is 16.4. The minimum absolute atomic E-state index is 0.0847. The lowest BCUT2D eigenvalue weighted by molar-refractivity contribution is -0.143. The van der Waals surface area contributed by atoms with Gasteiger partial charge in [0, 0.05) is 33.2 Å². The van der Waals surface area contributed by atoms with Crippen molar-refractivity contribution < 1.29 is 24.2 Å². The second-order valence-corrected chi connectivity index (χ2v) is 4.81. The molecular formula is C13H22N2O5. The molecule has 7 heteroatoms. The Labute approximate surface area is 118 Å². The van der Waals surface area contributed by atoms with Gasteiger partial charge in [-0.05, 0) is 19.3 Å². The summed E-state index contributed by atoms with van der Waals surface area (Å²) in [5.74, 6) is -1.20. The van der Waals surface area contributed by atoms with Crippen molar-refractivity contribution in [3.05, 3.63) is 0 Å². The molecule has 1 saturated heterocycles. The van der Waals surface area contributed by atoms with Gasteiger partial charge in [0.25, 0.3) is 5.91 Å². The van der Waals surface area contributed by atoms with Gasteiger partial charge in [0.2, 0.25) is 5.91 Å². The molecule has 0 aliphatic carbocycles. The molecule has 0 aromatic rings. The van der Waals surface area contributed by atoms with Crippen LogP contribution in [0.4, 0.5) is 0 Å². The van der Waals surface area contributed by atoms with E-state index in [-0.39, 0.29) is 24.8 Å². The van der Waals surface area contributed by atoms with Crippen LogP contribution in [0.5, 0.6) is 0 Å². The van der Waals surface area contributed by atoms with E-state index in [0.29, 0.717) is 32.5 Å². The van der Waals surface area contributed by atoms with Crippen LogP contribution in [-0.4, -0.2) is 60.1 Å². The van der Waals surface area contributed by atoms with Gasteiger partial charge >= 0.3 is 5.97 Å². The summed E-state index contributed by atoms with van der Waals surface area (Å²) in [6.45, 7) is 3.08. The average molecular weight is 286 g/mol. The summed E-state index contributed by atoms with van der Waals surface area (Å²) in [4.78, 5) is 35.1. The number of carboxylic acid groups (broad SMARTS) is 1. The van der Waals surface area contributed by atoms with Crippen LogP contribution in [0.1, 0.15) is 32.6 Å². The third kappa shape index (κ3) is 6.01. The molecule has 1 aliphatic rings. The highest BCUT2D eigenvalue weighted by Gasteiger charge is 2.28. The van der Waals surface area contributed by atoms with E-state index < -0.39 is 12.1 Å². The Morgan fingerprint density at radius 3 is 2.65 bits per heavy atom. The molecule has 0 saturated carbocycles. The topological polar surface area (TPSA) is 95.9 Å². The molecule has 0 aromatic carbocycles. The molecule has 1 aliphatic heterocycles. The molecule has 0 aromatic heterocycles. The Morgan fingerprint density at radius 1 is 1.35 bits per heavy atom. The Bertz CT molecular complexity index is 353. The van der Waals surface area contributed by atoms with Crippen molar-refractivity contribution >= 4 is 17.8 Å². The van der Waals surface area contributed by atoms with Crippen molar-refractivity contribution in [3.63, 3.8) is 0 Å². The normalized spacial score (nSPS) is 17.8. The summed E-state index contributed by atoms with van der Waals surface area (Å²) < 4.78 is 5.34. The van der Waals surface area contributed by atoms with Gasteiger partial charge in [-0.1, -0.05) is 0 Å². The number of carboxylic acids is 1. The van der Waals surface area contributed by atoms with Crippen LogP contribution in [0.25, 0.3) is 0 Å². The molecule has 1 heterocycles. The van der Waals surface area contributed by atoms with E-state index in [2.05, 4.69) is 5.32 Å². The molecule has 0 radical (unpaired) electrons. The van der Waals surface area contributed by atoms with Crippen LogP contribution in [-0.2, 0) is 19.1 Å². The second-order valence-electron chi connectivity index (χ2n) is 4.81. The first-order valence-electron chi connectivity index (χ1n) is 6.87. The monoisotopic (exact) mass is 286 g/mol. The summed E-state index contributed by atoms with van der Waals surface area (Å²) in [5.41, 5.74) is 0. The van der Waals surface area contributed by atoms with Gasteiger partial charge < -0.3 is 20.1 Å². The number of carbonyl (C=O) groups excluding carboxylic acids is 2. The zero-order chi connectivity index (χ0) is 15.0. The van der Waals surface area contributed by atoms with Crippen molar-refractivity contribution in [1.82, 2.24) is 10.2 Å². The molecule has 2 amide bonds. The van der Waals surface area contributed by atoms with E-state index in [4.69, 9.17) is 9.84 Å². The van der Waals surface area contributed by atoms with Crippen molar-refractivity contribution in [3.8, 4) is 0 Å². The quantitative estimate of drug-likeness (QED) is 0.612. The molecule has 7 nitrogen and oxygen atoms in total. The van der Waals surface area contributed by atoms with Crippen molar-refractivity contribution in [2.45, 2.75) is 38.7 Å². The minimum Gasteiger partial charge on any atom is -0.481 e. The maximum absolute atomic E-state index is 12.2. The first-order chi connectivity index (χ1) is 9.50. The molecule has 1 atom stereocenters. The molecule has 1 unspecified atom stereocenters. The first-order valence-corrected chi connectivity index (χ1v) is 6.87. The van der Waals surface area contributed by atoms with Crippen molar-refractivity contribution in [2.24, 2.45) is 0 Å². The predicted molar refractivity (Wildman–Crippen MR) is 71.1 cm³/mol. The van der Waals surface area contributed by atoms with E-state index in [0.717, 1.165) is 6.42 Å². The van der Waals surface area contributed by atoms with E-state index in [1.54, 1.807) is 0 Å². The zero-order valence-electron chi connectivity index (χ0n) is 11.8. The number of nitrogens with one attached hydrogen (secondary N) is 1. The minimum atomic E-state index is -0.933.